The summed E-state index contributed by atoms with van der Waals surface area (Å²) in [5.41, 5.74) is 5.22. The summed E-state index contributed by atoms with van der Waals surface area (Å²) < 4.78 is 0. The van der Waals surface area contributed by atoms with Gasteiger partial charge in [0.05, 0.1) is 10.4 Å². The van der Waals surface area contributed by atoms with Crippen LogP contribution in [0.2, 0.25) is 0 Å². The van der Waals surface area contributed by atoms with Crippen molar-refractivity contribution in [2.75, 3.05) is 12.8 Å². The molecule has 0 fully saturated rings. The summed E-state index contributed by atoms with van der Waals surface area (Å²) in [5.74, 6) is 0.0111. The highest BCUT2D eigenvalue weighted by molar-refractivity contribution is 7.99. The van der Waals surface area contributed by atoms with Gasteiger partial charge in [-0.2, -0.15) is 11.8 Å². The average Bonchev–Trinajstić information content (AvgIpc) is 2.37. The molecule has 3 nitrogen and oxygen atoms in total. The molecule has 0 aliphatic carbocycles. The number of nitrogens with two attached hydrogens (primary N) is 1. The maximum absolute atomic E-state index is 12.5. The largest absolute Gasteiger partial charge is 0.392 e. The summed E-state index contributed by atoms with van der Waals surface area (Å²) in [6.07, 6.45) is 6.34. The van der Waals surface area contributed by atoms with Crippen LogP contribution < -0.4 is 11.1 Å². The van der Waals surface area contributed by atoms with Crippen LogP contribution in [0, 0.1) is 5.41 Å². The van der Waals surface area contributed by atoms with E-state index in [9.17, 15) is 4.79 Å². The summed E-state index contributed by atoms with van der Waals surface area (Å²) in [6, 6.07) is 0. The van der Waals surface area contributed by atoms with Crippen LogP contribution in [0.5, 0.6) is 0 Å². The normalized spacial score (nSPS) is 13.1. The molecule has 0 aliphatic rings. The fraction of sp³-hybridized carbons (Fsp3) is 0.857. The molecule has 0 heterocycles. The van der Waals surface area contributed by atoms with Crippen molar-refractivity contribution >= 4 is 34.9 Å². The van der Waals surface area contributed by atoms with Crippen molar-refractivity contribution in [3.8, 4) is 0 Å². The zero-order valence-corrected chi connectivity index (χ0v) is 14.3. The maximum Gasteiger partial charge on any atom is 0.233 e. The molecule has 0 spiro atoms. The summed E-state index contributed by atoms with van der Waals surface area (Å²) in [5, 5.41) is 3.57. The first-order valence-electron chi connectivity index (χ1n) is 7.05. The molecule has 5 heteroatoms. The monoisotopic (exact) mass is 304 g/mol. The van der Waals surface area contributed by atoms with Gasteiger partial charge in [0.25, 0.3) is 0 Å². The molecule has 1 atom stereocenters. The smallest absolute Gasteiger partial charge is 0.233 e. The minimum absolute atomic E-state index is 0.0111. The first-order chi connectivity index (χ1) is 8.94. The summed E-state index contributed by atoms with van der Waals surface area (Å²) in [6.45, 7) is 6.98. The SMILES string of the molecule is CCCC(CCC)(C(=O)NCCC(C)SC)C(N)=S. The minimum Gasteiger partial charge on any atom is -0.392 e. The van der Waals surface area contributed by atoms with Crippen molar-refractivity contribution < 1.29 is 4.79 Å². The van der Waals surface area contributed by atoms with Gasteiger partial charge in [-0.15, -0.1) is 0 Å². The molecule has 0 radical (unpaired) electrons. The van der Waals surface area contributed by atoms with Crippen molar-refractivity contribution in [2.24, 2.45) is 11.1 Å². The molecule has 112 valence electrons. The third-order valence-corrected chi connectivity index (χ3v) is 4.93. The van der Waals surface area contributed by atoms with Gasteiger partial charge in [0.1, 0.15) is 0 Å². The molecule has 1 unspecified atom stereocenters. The van der Waals surface area contributed by atoms with E-state index < -0.39 is 5.41 Å². The second-order valence-corrected chi connectivity index (χ2v) is 6.75. The number of hydrogen-bond donors (Lipinski definition) is 2. The number of thioether (sulfide) groups is 1. The number of carbonyl (C=O) groups is 1. The Morgan fingerprint density at radius 1 is 1.37 bits per heavy atom. The lowest BCUT2D eigenvalue weighted by atomic mass is 9.78. The highest BCUT2D eigenvalue weighted by Crippen LogP contribution is 2.31. The van der Waals surface area contributed by atoms with Gasteiger partial charge in [0.15, 0.2) is 0 Å². The standard InChI is InChI=1S/C14H28N2OS2/c1-5-8-14(9-6-2,12(15)18)13(17)16-10-7-11(3)19-4/h11H,5-10H2,1-4H3,(H2,15,18)(H,16,17). The lowest BCUT2D eigenvalue weighted by Crippen LogP contribution is -2.49. The number of carbonyl (C=O) groups excluding carboxylic acids is 1. The van der Waals surface area contributed by atoms with Gasteiger partial charge in [-0.05, 0) is 25.5 Å². The Hall–Kier alpha value is -0.290. The Kier molecular flexibility index (Phi) is 9.44. The molecule has 0 rings (SSSR count). The van der Waals surface area contributed by atoms with Gasteiger partial charge in [0.2, 0.25) is 5.91 Å². The molecule has 1 amide bonds. The molecule has 19 heavy (non-hydrogen) atoms. The van der Waals surface area contributed by atoms with E-state index in [-0.39, 0.29) is 5.91 Å². The third-order valence-electron chi connectivity index (χ3n) is 3.50. The summed E-state index contributed by atoms with van der Waals surface area (Å²) in [4.78, 5) is 12.8. The van der Waals surface area contributed by atoms with Crippen molar-refractivity contribution in [3.63, 3.8) is 0 Å². The van der Waals surface area contributed by atoms with Crippen LogP contribution in [0.4, 0.5) is 0 Å². The number of amides is 1. The molecule has 0 aromatic carbocycles. The van der Waals surface area contributed by atoms with Gasteiger partial charge >= 0.3 is 0 Å². The Bertz CT molecular complexity index is 289. The molecule has 0 aromatic rings. The summed E-state index contributed by atoms with van der Waals surface area (Å²) in [7, 11) is 0. The molecule has 0 aromatic heterocycles. The highest BCUT2D eigenvalue weighted by atomic mass is 32.2. The predicted octanol–water partition coefficient (Wildman–Crippen LogP) is 3.12. The molecule has 3 N–H and O–H groups in total. The van der Waals surface area contributed by atoms with E-state index in [2.05, 4.69) is 32.3 Å². The van der Waals surface area contributed by atoms with Crippen molar-refractivity contribution in [3.05, 3.63) is 0 Å². The Morgan fingerprint density at radius 2 is 1.89 bits per heavy atom. The van der Waals surface area contributed by atoms with E-state index in [0.29, 0.717) is 16.8 Å². The zero-order valence-electron chi connectivity index (χ0n) is 12.6. The van der Waals surface area contributed by atoms with E-state index in [4.69, 9.17) is 18.0 Å². The second-order valence-electron chi connectivity index (χ2n) is 5.04. The number of hydrogen-bond acceptors (Lipinski definition) is 3. The molecular weight excluding hydrogens is 276 g/mol. The molecule has 0 saturated heterocycles. The van der Waals surface area contributed by atoms with Crippen molar-refractivity contribution in [2.45, 2.75) is 58.1 Å². The lowest BCUT2D eigenvalue weighted by Gasteiger charge is -2.31. The molecular formula is C14H28N2OS2. The van der Waals surface area contributed by atoms with Crippen LogP contribution in [0.1, 0.15) is 52.9 Å². The van der Waals surface area contributed by atoms with Crippen molar-refractivity contribution in [1.29, 1.82) is 0 Å². The number of thiocarbonyl (C=S) groups is 1. The van der Waals surface area contributed by atoms with E-state index in [1.807, 2.05) is 11.8 Å². The fourth-order valence-electron chi connectivity index (χ4n) is 2.24. The highest BCUT2D eigenvalue weighted by Gasteiger charge is 2.39. The van der Waals surface area contributed by atoms with Gasteiger partial charge in [0, 0.05) is 11.8 Å². The Morgan fingerprint density at radius 3 is 2.26 bits per heavy atom. The van der Waals surface area contributed by atoms with Crippen LogP contribution in [0.3, 0.4) is 0 Å². The first kappa shape index (κ1) is 18.7. The van der Waals surface area contributed by atoms with Crippen LogP contribution in [-0.2, 0) is 4.79 Å². The topological polar surface area (TPSA) is 55.1 Å². The van der Waals surface area contributed by atoms with Crippen LogP contribution in [0.25, 0.3) is 0 Å². The van der Waals surface area contributed by atoms with E-state index >= 15 is 0 Å². The quantitative estimate of drug-likeness (QED) is 0.609. The Balaban J connectivity index is 4.66. The average molecular weight is 305 g/mol. The molecule has 0 aliphatic heterocycles. The third kappa shape index (κ3) is 5.69. The molecule has 0 bridgehead atoms. The lowest BCUT2D eigenvalue weighted by molar-refractivity contribution is -0.128. The summed E-state index contributed by atoms with van der Waals surface area (Å²) >= 11 is 6.98. The maximum atomic E-state index is 12.5. The van der Waals surface area contributed by atoms with Gasteiger partial charge < -0.3 is 11.1 Å². The van der Waals surface area contributed by atoms with Gasteiger partial charge in [-0.1, -0.05) is 45.8 Å². The first-order valence-corrected chi connectivity index (χ1v) is 8.75. The minimum atomic E-state index is -0.651. The van der Waals surface area contributed by atoms with Crippen LogP contribution >= 0.6 is 24.0 Å². The van der Waals surface area contributed by atoms with E-state index in [1.165, 1.54) is 0 Å². The van der Waals surface area contributed by atoms with E-state index in [1.54, 1.807) is 0 Å². The van der Waals surface area contributed by atoms with Crippen molar-refractivity contribution in [1.82, 2.24) is 5.32 Å². The number of rotatable bonds is 10. The zero-order chi connectivity index (χ0) is 14.9. The predicted molar refractivity (Wildman–Crippen MR) is 89.6 cm³/mol. The molecule has 0 saturated carbocycles. The van der Waals surface area contributed by atoms with Gasteiger partial charge in [-0.25, -0.2) is 0 Å². The Labute approximate surface area is 127 Å². The van der Waals surface area contributed by atoms with Gasteiger partial charge in [-0.3, -0.25) is 4.79 Å². The number of nitrogens with one attached hydrogen (secondary N) is 1. The second kappa shape index (κ2) is 9.59. The van der Waals surface area contributed by atoms with Crippen LogP contribution in [-0.4, -0.2) is 28.9 Å². The fourth-order valence-corrected chi connectivity index (χ4v) is 2.89. The van der Waals surface area contributed by atoms with E-state index in [0.717, 1.165) is 32.1 Å². The van der Waals surface area contributed by atoms with Crippen LogP contribution in [0.15, 0.2) is 0 Å².